The van der Waals surface area contributed by atoms with Crippen molar-refractivity contribution in [2.45, 2.75) is 25.4 Å². The van der Waals surface area contributed by atoms with Crippen LogP contribution in [-0.4, -0.2) is 78.1 Å². The number of benzene rings is 2. The number of piperazine rings is 1. The van der Waals surface area contributed by atoms with Crippen LogP contribution in [0.3, 0.4) is 0 Å². The van der Waals surface area contributed by atoms with Crippen molar-refractivity contribution >= 4 is 15.9 Å². The minimum Gasteiger partial charge on any atom is -0.354 e. The summed E-state index contributed by atoms with van der Waals surface area (Å²) in [5.74, 6) is -0.585. The van der Waals surface area contributed by atoms with Gasteiger partial charge in [-0.3, -0.25) is 9.69 Å². The molecular weight excluding hydrogens is 481 g/mol. The monoisotopic (exact) mass is 513 g/mol. The van der Waals surface area contributed by atoms with Gasteiger partial charge in [-0.2, -0.15) is 4.31 Å². The van der Waals surface area contributed by atoms with Crippen molar-refractivity contribution in [1.29, 1.82) is 0 Å². The molecule has 1 aromatic heterocycles. The average molecular weight is 514 g/mol. The van der Waals surface area contributed by atoms with Gasteiger partial charge in [0.25, 0.3) is 0 Å². The maximum atomic E-state index is 14.0. The van der Waals surface area contributed by atoms with Crippen molar-refractivity contribution in [2.75, 3.05) is 39.0 Å². The number of hydrogen-bond acceptors (Lipinski definition) is 5. The van der Waals surface area contributed by atoms with Crippen LogP contribution in [0.1, 0.15) is 16.8 Å². The Balaban J connectivity index is 1.35. The Bertz CT molecular complexity index is 1270. The molecule has 1 unspecified atom stereocenters. The quantitative estimate of drug-likeness (QED) is 0.448. The summed E-state index contributed by atoms with van der Waals surface area (Å²) >= 11 is 0. The number of imidazole rings is 1. The molecule has 10 heteroatoms. The minimum absolute atomic E-state index is 0.220. The maximum absolute atomic E-state index is 14.0. The molecule has 2 aromatic carbocycles. The summed E-state index contributed by atoms with van der Waals surface area (Å²) in [4.78, 5) is 19.4. The summed E-state index contributed by atoms with van der Waals surface area (Å²) < 4.78 is 42.1. The zero-order valence-corrected chi connectivity index (χ0v) is 21.2. The van der Waals surface area contributed by atoms with Crippen LogP contribution < -0.4 is 5.32 Å². The summed E-state index contributed by atoms with van der Waals surface area (Å²) in [5.41, 5.74) is 2.74. The van der Waals surface area contributed by atoms with Crippen molar-refractivity contribution < 1.29 is 17.6 Å². The van der Waals surface area contributed by atoms with Gasteiger partial charge in [0.2, 0.25) is 15.9 Å². The highest BCUT2D eigenvalue weighted by atomic mass is 32.2. The SMILES string of the molecule is CS(=O)(=O)N1CCN(CCc2ccccc2F)CC1C(=O)NCCc1cncn1Cc1ccccc1. The van der Waals surface area contributed by atoms with Gasteiger partial charge < -0.3 is 9.88 Å². The molecule has 0 spiro atoms. The van der Waals surface area contributed by atoms with E-state index in [0.717, 1.165) is 17.5 Å². The summed E-state index contributed by atoms with van der Waals surface area (Å²) in [6.45, 7) is 2.57. The molecule has 8 nitrogen and oxygen atoms in total. The molecule has 0 aliphatic carbocycles. The van der Waals surface area contributed by atoms with Crippen LogP contribution in [0.15, 0.2) is 67.1 Å². The molecular formula is C26H32FN5O3S. The Labute approximate surface area is 211 Å². The van der Waals surface area contributed by atoms with Crippen molar-refractivity contribution in [3.05, 3.63) is 89.8 Å². The molecule has 0 bridgehead atoms. The van der Waals surface area contributed by atoms with Gasteiger partial charge in [0.1, 0.15) is 11.9 Å². The minimum atomic E-state index is -3.56. The fourth-order valence-corrected chi connectivity index (χ4v) is 5.56. The van der Waals surface area contributed by atoms with E-state index in [-0.39, 0.29) is 24.8 Å². The normalized spacial score (nSPS) is 17.2. The highest BCUT2D eigenvalue weighted by molar-refractivity contribution is 7.88. The third kappa shape index (κ3) is 6.77. The lowest BCUT2D eigenvalue weighted by atomic mass is 10.1. The molecule has 4 rings (SSSR count). The number of nitrogens with zero attached hydrogens (tertiary/aromatic N) is 4. The van der Waals surface area contributed by atoms with E-state index in [0.29, 0.717) is 44.6 Å². The molecule has 1 atom stereocenters. The highest BCUT2D eigenvalue weighted by Gasteiger charge is 2.37. The van der Waals surface area contributed by atoms with Gasteiger partial charge in [-0.05, 0) is 23.6 Å². The van der Waals surface area contributed by atoms with Crippen LogP contribution in [-0.2, 0) is 34.2 Å². The number of nitrogens with one attached hydrogen (secondary N) is 1. The number of rotatable bonds is 10. The Morgan fingerprint density at radius 3 is 2.58 bits per heavy atom. The molecule has 192 valence electrons. The average Bonchev–Trinajstić information content (AvgIpc) is 3.30. The fourth-order valence-electron chi connectivity index (χ4n) is 4.53. The molecule has 1 fully saturated rings. The van der Waals surface area contributed by atoms with Gasteiger partial charge in [-0.15, -0.1) is 0 Å². The third-order valence-corrected chi connectivity index (χ3v) is 7.76. The van der Waals surface area contributed by atoms with Crippen molar-refractivity contribution in [2.24, 2.45) is 0 Å². The highest BCUT2D eigenvalue weighted by Crippen LogP contribution is 2.16. The van der Waals surface area contributed by atoms with Crippen molar-refractivity contribution in [3.8, 4) is 0 Å². The second kappa shape index (κ2) is 11.8. The first-order chi connectivity index (χ1) is 17.3. The van der Waals surface area contributed by atoms with Gasteiger partial charge in [0, 0.05) is 57.6 Å². The van der Waals surface area contributed by atoms with E-state index in [1.807, 2.05) is 39.8 Å². The Hall–Kier alpha value is -3.08. The lowest BCUT2D eigenvalue weighted by Crippen LogP contribution is -2.60. The van der Waals surface area contributed by atoms with Gasteiger partial charge in [-0.25, -0.2) is 17.8 Å². The summed E-state index contributed by atoms with van der Waals surface area (Å²) in [5, 5.41) is 2.91. The van der Waals surface area contributed by atoms with E-state index >= 15 is 0 Å². The summed E-state index contributed by atoms with van der Waals surface area (Å²) in [7, 11) is -3.56. The number of sulfonamides is 1. The van der Waals surface area contributed by atoms with Crippen molar-refractivity contribution in [1.82, 2.24) is 24.1 Å². The van der Waals surface area contributed by atoms with Gasteiger partial charge in [0.15, 0.2) is 0 Å². The predicted octanol–water partition coefficient (Wildman–Crippen LogP) is 1.92. The zero-order valence-electron chi connectivity index (χ0n) is 20.4. The summed E-state index contributed by atoms with van der Waals surface area (Å²) in [6.07, 6.45) is 5.74. The predicted molar refractivity (Wildman–Crippen MR) is 136 cm³/mol. The Morgan fingerprint density at radius 1 is 1.08 bits per heavy atom. The van der Waals surface area contributed by atoms with Crippen LogP contribution in [0, 0.1) is 5.82 Å². The number of carbonyl (C=O) groups is 1. The number of carbonyl (C=O) groups excluding carboxylic acids is 1. The van der Waals surface area contributed by atoms with Gasteiger partial charge in [0.05, 0.1) is 12.6 Å². The molecule has 0 saturated carbocycles. The number of aromatic nitrogens is 2. The lowest BCUT2D eigenvalue weighted by Gasteiger charge is -2.39. The summed E-state index contributed by atoms with van der Waals surface area (Å²) in [6, 6.07) is 15.8. The van der Waals surface area contributed by atoms with E-state index in [2.05, 4.69) is 10.3 Å². The van der Waals surface area contributed by atoms with Crippen LogP contribution in [0.5, 0.6) is 0 Å². The van der Waals surface area contributed by atoms with E-state index in [1.165, 1.54) is 10.4 Å². The standard InChI is InChI=1S/C26H32FN5O3S/c1-36(34,35)32-16-15-30(14-12-22-9-5-6-10-24(22)27)19-25(32)26(33)29-13-11-23-17-28-20-31(23)18-21-7-3-2-4-8-21/h2-10,17,20,25H,11-16,18-19H2,1H3,(H,29,33). The third-order valence-electron chi connectivity index (χ3n) is 6.47. The largest absolute Gasteiger partial charge is 0.354 e. The van der Waals surface area contributed by atoms with Gasteiger partial charge >= 0.3 is 0 Å². The second-order valence-corrected chi connectivity index (χ2v) is 11.0. The number of halogens is 1. The molecule has 1 N–H and O–H groups in total. The van der Waals surface area contributed by atoms with Crippen LogP contribution in [0.2, 0.25) is 0 Å². The molecule has 1 saturated heterocycles. The second-order valence-electron chi connectivity index (χ2n) is 9.07. The first-order valence-electron chi connectivity index (χ1n) is 12.0. The number of hydrogen-bond donors (Lipinski definition) is 1. The maximum Gasteiger partial charge on any atom is 0.239 e. The fraction of sp³-hybridized carbons (Fsp3) is 0.385. The molecule has 1 aliphatic rings. The van der Waals surface area contributed by atoms with Crippen LogP contribution in [0.4, 0.5) is 4.39 Å². The first kappa shape index (κ1) is 26.0. The van der Waals surface area contributed by atoms with E-state index in [1.54, 1.807) is 30.7 Å². The van der Waals surface area contributed by atoms with Crippen molar-refractivity contribution in [3.63, 3.8) is 0 Å². The van der Waals surface area contributed by atoms with E-state index in [4.69, 9.17) is 0 Å². The Kier molecular flexibility index (Phi) is 8.50. The van der Waals surface area contributed by atoms with Gasteiger partial charge in [-0.1, -0.05) is 48.5 Å². The molecule has 2 heterocycles. The zero-order chi connectivity index (χ0) is 25.5. The van der Waals surface area contributed by atoms with E-state index < -0.39 is 16.1 Å². The molecule has 1 aliphatic heterocycles. The Morgan fingerprint density at radius 2 is 1.83 bits per heavy atom. The molecule has 1 amide bonds. The molecule has 3 aromatic rings. The number of amides is 1. The lowest BCUT2D eigenvalue weighted by molar-refractivity contribution is -0.126. The topological polar surface area (TPSA) is 87.5 Å². The van der Waals surface area contributed by atoms with E-state index in [9.17, 15) is 17.6 Å². The van der Waals surface area contributed by atoms with Crippen LogP contribution in [0.25, 0.3) is 0 Å². The first-order valence-corrected chi connectivity index (χ1v) is 13.9. The molecule has 0 radical (unpaired) electrons. The molecule has 36 heavy (non-hydrogen) atoms. The van der Waals surface area contributed by atoms with Crippen LogP contribution >= 0.6 is 0 Å². The smallest absolute Gasteiger partial charge is 0.239 e.